The van der Waals surface area contributed by atoms with Crippen molar-refractivity contribution in [2.24, 2.45) is 11.8 Å². The molecule has 3 unspecified atom stereocenters. The molecule has 2 saturated heterocycles. The number of amides is 1. The Morgan fingerprint density at radius 1 is 0.833 bits per heavy atom. The van der Waals surface area contributed by atoms with Gasteiger partial charge in [0.05, 0.1) is 72.6 Å². The summed E-state index contributed by atoms with van der Waals surface area (Å²) in [6.45, 7) is 3.90. The molecule has 2 fully saturated rings. The first-order valence-corrected chi connectivity index (χ1v) is 13.7. The first-order chi connectivity index (χ1) is 20.2. The van der Waals surface area contributed by atoms with E-state index in [0.29, 0.717) is 58.6 Å². The van der Waals surface area contributed by atoms with E-state index in [1.54, 1.807) is 26.2 Å². The predicted octanol–water partition coefficient (Wildman–Crippen LogP) is 1.92. The molecule has 1 aliphatic carbocycles. The molecule has 1 aromatic carbocycles. The number of piperidine rings is 1. The Hall–Kier alpha value is -3.93. The number of ketones is 1. The first-order valence-electron chi connectivity index (χ1n) is 13.7. The van der Waals surface area contributed by atoms with Crippen molar-refractivity contribution < 1.29 is 47.5 Å². The van der Waals surface area contributed by atoms with Crippen LogP contribution in [0.15, 0.2) is 22.9 Å². The van der Waals surface area contributed by atoms with Crippen LogP contribution in [0.2, 0.25) is 0 Å². The third-order valence-corrected chi connectivity index (χ3v) is 9.26. The molecule has 3 heterocycles. The standard InChI is InChI=1S/C30H38N2O10/c1-13-24(36-4)15-10-16-30(35)32-17(11-42-12-33)19-20(25(37-5)14(2)27(39-7)29(19)41-9)23(34)22(32)21(31(16)3)18(15)28(40-8)26(13)38-6/h12,14,16-17,19,21-22H,10-11H2,1-9H3/t14?,16-,17-,19?,21+,22?/m0/s1. The fourth-order valence-corrected chi connectivity index (χ4v) is 7.67. The Labute approximate surface area is 245 Å². The minimum Gasteiger partial charge on any atom is -0.500 e. The average molecular weight is 587 g/mol. The number of carbonyl (C=O) groups excluding carboxylic acids is 3. The van der Waals surface area contributed by atoms with Crippen LogP contribution in [-0.4, -0.2) is 102 Å². The summed E-state index contributed by atoms with van der Waals surface area (Å²) in [6.07, 6.45) is 0.314. The zero-order valence-corrected chi connectivity index (χ0v) is 25.4. The molecule has 228 valence electrons. The van der Waals surface area contributed by atoms with Crippen molar-refractivity contribution in [1.29, 1.82) is 0 Å². The van der Waals surface area contributed by atoms with Crippen molar-refractivity contribution in [3.05, 3.63) is 39.5 Å². The molecule has 2 bridgehead atoms. The highest BCUT2D eigenvalue weighted by molar-refractivity contribution is 6.07. The van der Waals surface area contributed by atoms with Crippen LogP contribution in [0.3, 0.4) is 0 Å². The maximum absolute atomic E-state index is 14.9. The Morgan fingerprint density at radius 2 is 1.45 bits per heavy atom. The largest absolute Gasteiger partial charge is 0.500 e. The van der Waals surface area contributed by atoms with Crippen LogP contribution in [0.25, 0.3) is 0 Å². The first kappa shape index (κ1) is 29.6. The van der Waals surface area contributed by atoms with Crippen LogP contribution in [0.4, 0.5) is 0 Å². The molecule has 3 aliphatic heterocycles. The van der Waals surface area contributed by atoms with Gasteiger partial charge in [-0.3, -0.25) is 19.3 Å². The molecular weight excluding hydrogens is 548 g/mol. The molecule has 0 N–H and O–H groups in total. The zero-order chi connectivity index (χ0) is 30.6. The lowest BCUT2D eigenvalue weighted by Gasteiger charge is -2.58. The lowest BCUT2D eigenvalue weighted by atomic mass is 9.68. The number of hydrogen-bond donors (Lipinski definition) is 0. The van der Waals surface area contributed by atoms with Crippen LogP contribution in [-0.2, 0) is 39.8 Å². The smallest absolute Gasteiger partial charge is 0.293 e. The number of rotatable bonds is 9. The van der Waals surface area contributed by atoms with E-state index in [2.05, 4.69) is 0 Å². The summed E-state index contributed by atoms with van der Waals surface area (Å²) in [5.74, 6) is 1.05. The van der Waals surface area contributed by atoms with E-state index in [4.69, 9.17) is 33.2 Å². The summed E-state index contributed by atoms with van der Waals surface area (Å²) in [6, 6.07) is -3.04. The van der Waals surface area contributed by atoms with E-state index >= 15 is 0 Å². The Balaban J connectivity index is 1.83. The van der Waals surface area contributed by atoms with Gasteiger partial charge in [-0.2, -0.15) is 0 Å². The lowest BCUT2D eigenvalue weighted by molar-refractivity contribution is -0.168. The third kappa shape index (κ3) is 3.80. The molecule has 1 amide bonds. The van der Waals surface area contributed by atoms with Crippen molar-refractivity contribution in [3.63, 3.8) is 0 Å². The van der Waals surface area contributed by atoms with Gasteiger partial charge in [0, 0.05) is 28.7 Å². The molecule has 12 nitrogen and oxygen atoms in total. The highest BCUT2D eigenvalue weighted by atomic mass is 16.5. The molecule has 42 heavy (non-hydrogen) atoms. The van der Waals surface area contributed by atoms with Gasteiger partial charge in [-0.25, -0.2) is 0 Å². The van der Waals surface area contributed by atoms with Crippen LogP contribution in [0.5, 0.6) is 17.2 Å². The van der Waals surface area contributed by atoms with Crippen molar-refractivity contribution in [3.8, 4) is 17.2 Å². The quantitative estimate of drug-likeness (QED) is 0.395. The minimum atomic E-state index is -1.00. The number of carbonyl (C=O) groups is 3. The number of likely N-dealkylation sites (N-methyl/N-ethyl adjacent to an activating group) is 1. The lowest BCUT2D eigenvalue weighted by Crippen LogP contribution is -2.73. The predicted molar refractivity (Wildman–Crippen MR) is 148 cm³/mol. The van der Waals surface area contributed by atoms with Crippen molar-refractivity contribution in [2.75, 3.05) is 56.3 Å². The molecule has 1 aromatic rings. The number of ether oxygens (including phenoxy) is 7. The number of hydrogen-bond acceptors (Lipinski definition) is 11. The molecule has 5 rings (SSSR count). The molecule has 0 aromatic heterocycles. The van der Waals surface area contributed by atoms with Crippen molar-refractivity contribution >= 4 is 18.2 Å². The summed E-state index contributed by atoms with van der Waals surface area (Å²) < 4.78 is 40.3. The fourth-order valence-electron chi connectivity index (χ4n) is 7.67. The summed E-state index contributed by atoms with van der Waals surface area (Å²) in [5, 5.41) is 0. The maximum atomic E-state index is 14.9. The second kappa shape index (κ2) is 11.0. The van der Waals surface area contributed by atoms with E-state index in [1.807, 2.05) is 25.8 Å². The number of Topliss-reactive ketones (excluding diaryl/α,β-unsaturated/α-hetero) is 1. The average Bonchev–Trinajstić information content (AvgIpc) is 2.98. The number of piperazine rings is 1. The van der Waals surface area contributed by atoms with Gasteiger partial charge >= 0.3 is 0 Å². The second-order valence-corrected chi connectivity index (χ2v) is 10.8. The van der Waals surface area contributed by atoms with E-state index in [-0.39, 0.29) is 18.3 Å². The molecule has 0 radical (unpaired) electrons. The number of methoxy groups -OCH3 is 6. The monoisotopic (exact) mass is 586 g/mol. The molecule has 0 spiro atoms. The van der Waals surface area contributed by atoms with E-state index < -0.39 is 36.0 Å². The van der Waals surface area contributed by atoms with Gasteiger partial charge in [0.2, 0.25) is 5.91 Å². The Kier molecular flexibility index (Phi) is 7.78. The van der Waals surface area contributed by atoms with Gasteiger partial charge in [-0.05, 0) is 20.9 Å². The normalized spacial score (nSPS) is 28.5. The topological polar surface area (TPSA) is 122 Å². The number of nitrogens with zero attached hydrogens (tertiary/aromatic N) is 2. The van der Waals surface area contributed by atoms with Gasteiger partial charge in [0.25, 0.3) is 6.47 Å². The molecular formula is C30H38N2O10. The molecule has 0 saturated carbocycles. The van der Waals surface area contributed by atoms with Gasteiger partial charge in [0.15, 0.2) is 17.3 Å². The second-order valence-electron chi connectivity index (χ2n) is 10.8. The fraction of sp³-hybridized carbons (Fsp3) is 0.567. The minimum absolute atomic E-state index is 0.171. The van der Waals surface area contributed by atoms with Gasteiger partial charge in [0.1, 0.15) is 35.7 Å². The number of fused-ring (bicyclic) bond motifs is 7. The summed E-state index contributed by atoms with van der Waals surface area (Å²) >= 11 is 0. The third-order valence-electron chi connectivity index (χ3n) is 9.26. The summed E-state index contributed by atoms with van der Waals surface area (Å²) in [7, 11) is 11.0. The molecule has 12 heteroatoms. The Bertz CT molecular complexity index is 1380. The van der Waals surface area contributed by atoms with Crippen LogP contribution in [0, 0.1) is 18.8 Å². The van der Waals surface area contributed by atoms with Gasteiger partial charge in [-0.1, -0.05) is 0 Å². The zero-order valence-electron chi connectivity index (χ0n) is 25.4. The Morgan fingerprint density at radius 3 is 2.00 bits per heavy atom. The highest BCUT2D eigenvalue weighted by Crippen LogP contribution is 2.56. The van der Waals surface area contributed by atoms with E-state index in [1.165, 1.54) is 21.3 Å². The van der Waals surface area contributed by atoms with Crippen molar-refractivity contribution in [2.45, 2.75) is 44.4 Å². The maximum Gasteiger partial charge on any atom is 0.293 e. The van der Waals surface area contributed by atoms with Crippen LogP contribution < -0.4 is 14.2 Å². The van der Waals surface area contributed by atoms with Gasteiger partial charge in [-0.15, -0.1) is 0 Å². The van der Waals surface area contributed by atoms with Crippen LogP contribution in [0.1, 0.15) is 29.7 Å². The van der Waals surface area contributed by atoms with Crippen molar-refractivity contribution in [1.82, 2.24) is 9.80 Å². The molecule has 6 atom stereocenters. The summed E-state index contributed by atoms with van der Waals surface area (Å²) in [5.41, 5.74) is 2.60. The van der Waals surface area contributed by atoms with E-state index in [0.717, 1.165) is 11.1 Å². The number of benzene rings is 1. The van der Waals surface area contributed by atoms with Gasteiger partial charge < -0.3 is 38.1 Å². The SMILES string of the molecule is COC1=C(OC)C2C(=C(OC)C1C)C(=O)C1[C@H]3c4c(c(OC)c(C)c(OC)c4OC)C[C@@H](C(=O)N1[C@H]2COC=O)N3C. The highest BCUT2D eigenvalue weighted by Gasteiger charge is 2.63. The molecule has 4 aliphatic rings. The summed E-state index contributed by atoms with van der Waals surface area (Å²) in [4.78, 5) is 44.3. The van der Waals surface area contributed by atoms with E-state index in [9.17, 15) is 14.4 Å². The van der Waals surface area contributed by atoms with Crippen LogP contribution >= 0.6 is 0 Å².